The van der Waals surface area contributed by atoms with Gasteiger partial charge < -0.3 is 5.73 Å². The van der Waals surface area contributed by atoms with Crippen molar-refractivity contribution in [3.05, 3.63) is 46.8 Å². The van der Waals surface area contributed by atoms with Crippen LogP contribution in [-0.4, -0.2) is 32.6 Å². The second kappa shape index (κ2) is 7.51. The van der Waals surface area contributed by atoms with Crippen molar-refractivity contribution < 1.29 is 31.1 Å². The van der Waals surface area contributed by atoms with E-state index in [0.717, 1.165) is 4.57 Å². The van der Waals surface area contributed by atoms with Gasteiger partial charge in [-0.15, -0.1) is 10.2 Å². The van der Waals surface area contributed by atoms with Gasteiger partial charge in [-0.25, -0.2) is 13.2 Å². The Kier molecular flexibility index (Phi) is 5.44. The Bertz CT molecular complexity index is 896. The first kappa shape index (κ1) is 20.3. The number of aromatic nitrogens is 3. The van der Waals surface area contributed by atoms with Gasteiger partial charge in [0.2, 0.25) is 5.82 Å². The maximum absolute atomic E-state index is 13.7. The number of alkyl halides is 3. The number of nitrogens with two attached hydrogens (primary N) is 1. The summed E-state index contributed by atoms with van der Waals surface area (Å²) in [6.45, 7) is -0.305. The zero-order valence-electron chi connectivity index (χ0n) is 14.2. The fraction of sp³-hybridized carbons (Fsp3) is 0.438. The summed E-state index contributed by atoms with van der Waals surface area (Å²) in [7, 11) is 0. The molecule has 0 fully saturated rings. The maximum Gasteiger partial charge on any atom is 0.451 e. The molecule has 0 bridgehead atoms. The number of rotatable bonds is 5. The second-order valence-electron chi connectivity index (χ2n) is 6.48. The van der Waals surface area contributed by atoms with Crippen LogP contribution in [0.4, 0.5) is 26.3 Å². The van der Waals surface area contributed by atoms with E-state index in [1.54, 1.807) is 0 Å². The first-order valence-electron chi connectivity index (χ1n) is 8.20. The summed E-state index contributed by atoms with van der Waals surface area (Å²) in [6, 6.07) is -0.653. The molecule has 2 heterocycles. The SMILES string of the molecule is N[C@@H](CC(=O)C1Cc2nnc(C(F)(F)F)n2CN1)Cc1cc(F)c(F)cc1F. The number of nitrogens with zero attached hydrogens (tertiary/aromatic N) is 3. The van der Waals surface area contributed by atoms with Crippen LogP contribution >= 0.6 is 0 Å². The summed E-state index contributed by atoms with van der Waals surface area (Å²) in [5.74, 6) is -5.12. The molecule has 0 saturated carbocycles. The molecule has 1 aliphatic rings. The van der Waals surface area contributed by atoms with Gasteiger partial charge in [-0.05, 0) is 18.1 Å². The van der Waals surface area contributed by atoms with Gasteiger partial charge >= 0.3 is 6.18 Å². The predicted molar refractivity (Wildman–Crippen MR) is 83.3 cm³/mol. The number of benzene rings is 1. The topological polar surface area (TPSA) is 85.8 Å². The number of ketones is 1. The highest BCUT2D eigenvalue weighted by Crippen LogP contribution is 2.29. The molecule has 2 atom stereocenters. The number of hydrogen-bond acceptors (Lipinski definition) is 5. The van der Waals surface area contributed by atoms with E-state index in [9.17, 15) is 31.1 Å². The Morgan fingerprint density at radius 1 is 1.21 bits per heavy atom. The van der Waals surface area contributed by atoms with Crippen molar-refractivity contribution in [1.29, 1.82) is 0 Å². The molecule has 0 spiro atoms. The van der Waals surface area contributed by atoms with Crippen LogP contribution in [-0.2, 0) is 30.5 Å². The number of Topliss-reactive ketones (excluding diaryl/α,β-unsaturated/α-hetero) is 1. The lowest BCUT2D eigenvalue weighted by atomic mass is 9.96. The van der Waals surface area contributed by atoms with Gasteiger partial charge in [0.1, 0.15) is 11.6 Å². The number of carbonyl (C=O) groups excluding carboxylic acids is 1. The molecular weight excluding hydrogens is 392 g/mol. The largest absolute Gasteiger partial charge is 0.451 e. The molecule has 0 amide bonds. The van der Waals surface area contributed by atoms with Crippen LogP contribution in [0, 0.1) is 17.5 Å². The molecule has 0 saturated heterocycles. The summed E-state index contributed by atoms with van der Waals surface area (Å²) in [5.41, 5.74) is 5.64. The van der Waals surface area contributed by atoms with Gasteiger partial charge in [0.25, 0.3) is 0 Å². The molecule has 152 valence electrons. The number of fused-ring (bicyclic) bond motifs is 1. The van der Waals surface area contributed by atoms with Crippen LogP contribution < -0.4 is 11.1 Å². The van der Waals surface area contributed by atoms with E-state index < -0.39 is 47.3 Å². The molecule has 0 radical (unpaired) electrons. The van der Waals surface area contributed by atoms with Gasteiger partial charge in [-0.3, -0.25) is 14.7 Å². The molecule has 1 aliphatic heterocycles. The summed E-state index contributed by atoms with van der Waals surface area (Å²) in [4.78, 5) is 12.4. The molecule has 2 aromatic rings. The van der Waals surface area contributed by atoms with E-state index in [4.69, 9.17) is 5.73 Å². The third-order valence-electron chi connectivity index (χ3n) is 4.39. The lowest BCUT2D eigenvalue weighted by molar-refractivity contribution is -0.148. The van der Waals surface area contributed by atoms with E-state index in [2.05, 4.69) is 15.5 Å². The summed E-state index contributed by atoms with van der Waals surface area (Å²) in [5, 5.41) is 9.25. The molecule has 0 aliphatic carbocycles. The van der Waals surface area contributed by atoms with Crippen molar-refractivity contribution >= 4 is 5.78 Å². The van der Waals surface area contributed by atoms with Crippen molar-refractivity contribution in [2.45, 2.75) is 44.2 Å². The zero-order valence-corrected chi connectivity index (χ0v) is 14.2. The molecule has 28 heavy (non-hydrogen) atoms. The number of hydrogen-bond donors (Lipinski definition) is 2. The Hall–Kier alpha value is -2.47. The molecule has 3 rings (SSSR count). The van der Waals surface area contributed by atoms with Crippen LogP contribution in [0.15, 0.2) is 12.1 Å². The quantitative estimate of drug-likeness (QED) is 0.582. The van der Waals surface area contributed by atoms with Gasteiger partial charge in [0.15, 0.2) is 17.4 Å². The van der Waals surface area contributed by atoms with E-state index in [-0.39, 0.29) is 37.3 Å². The fourth-order valence-electron chi connectivity index (χ4n) is 3.02. The lowest BCUT2D eigenvalue weighted by Crippen LogP contribution is -2.46. The smallest absolute Gasteiger partial charge is 0.327 e. The standard InChI is InChI=1S/C16H15F6N5O/c17-9-4-11(19)10(18)2-7(9)1-8(23)3-13(28)12-5-14-25-26-15(16(20,21)22)27(14)6-24-12/h2,4,8,12,24H,1,3,5-6,23H2/t8-,12?/m1/s1. The fourth-order valence-corrected chi connectivity index (χ4v) is 3.02. The number of halogens is 6. The van der Waals surface area contributed by atoms with Crippen LogP contribution in [0.25, 0.3) is 0 Å². The van der Waals surface area contributed by atoms with Crippen molar-refractivity contribution in [3.63, 3.8) is 0 Å². The van der Waals surface area contributed by atoms with Crippen LogP contribution in [0.3, 0.4) is 0 Å². The van der Waals surface area contributed by atoms with Gasteiger partial charge in [0, 0.05) is 24.9 Å². The third kappa shape index (κ3) is 4.17. The molecule has 6 nitrogen and oxygen atoms in total. The van der Waals surface area contributed by atoms with Crippen molar-refractivity contribution in [1.82, 2.24) is 20.1 Å². The highest BCUT2D eigenvalue weighted by molar-refractivity contribution is 5.84. The van der Waals surface area contributed by atoms with Gasteiger partial charge in [-0.2, -0.15) is 13.2 Å². The minimum Gasteiger partial charge on any atom is -0.327 e. The Morgan fingerprint density at radius 3 is 2.57 bits per heavy atom. The Morgan fingerprint density at radius 2 is 1.89 bits per heavy atom. The van der Waals surface area contributed by atoms with Crippen molar-refractivity contribution in [2.24, 2.45) is 5.73 Å². The van der Waals surface area contributed by atoms with E-state index in [0.29, 0.717) is 12.1 Å². The predicted octanol–water partition coefficient (Wildman–Crippen LogP) is 1.72. The minimum atomic E-state index is -4.67. The number of carbonyl (C=O) groups is 1. The van der Waals surface area contributed by atoms with E-state index >= 15 is 0 Å². The summed E-state index contributed by atoms with van der Waals surface area (Å²) >= 11 is 0. The lowest BCUT2D eigenvalue weighted by Gasteiger charge is -2.25. The van der Waals surface area contributed by atoms with Crippen LogP contribution in [0.1, 0.15) is 23.6 Å². The maximum atomic E-state index is 13.7. The minimum absolute atomic E-state index is 0.00430. The molecule has 3 N–H and O–H groups in total. The highest BCUT2D eigenvalue weighted by Gasteiger charge is 2.40. The van der Waals surface area contributed by atoms with Gasteiger partial charge in [0.05, 0.1) is 12.7 Å². The average Bonchev–Trinajstić information content (AvgIpc) is 3.03. The third-order valence-corrected chi connectivity index (χ3v) is 4.39. The average molecular weight is 407 g/mol. The van der Waals surface area contributed by atoms with Gasteiger partial charge in [-0.1, -0.05) is 0 Å². The monoisotopic (exact) mass is 407 g/mol. The first-order chi connectivity index (χ1) is 13.1. The second-order valence-corrected chi connectivity index (χ2v) is 6.48. The first-order valence-corrected chi connectivity index (χ1v) is 8.20. The van der Waals surface area contributed by atoms with Crippen molar-refractivity contribution in [3.8, 4) is 0 Å². The molecule has 1 aromatic carbocycles. The highest BCUT2D eigenvalue weighted by atomic mass is 19.4. The molecule has 1 aromatic heterocycles. The Balaban J connectivity index is 1.63. The normalized spacial score (nSPS) is 18.0. The van der Waals surface area contributed by atoms with Crippen molar-refractivity contribution in [2.75, 3.05) is 0 Å². The zero-order chi connectivity index (χ0) is 20.6. The molecule has 1 unspecified atom stereocenters. The molecule has 12 heteroatoms. The van der Waals surface area contributed by atoms with E-state index in [1.165, 1.54) is 0 Å². The summed E-state index contributed by atoms with van der Waals surface area (Å²) < 4.78 is 79.1. The summed E-state index contributed by atoms with van der Waals surface area (Å²) in [6.07, 6.45) is -5.24. The number of nitrogens with one attached hydrogen (secondary N) is 1. The molecular formula is C16H15F6N5O. The van der Waals surface area contributed by atoms with Crippen LogP contribution in [0.2, 0.25) is 0 Å². The van der Waals surface area contributed by atoms with Crippen LogP contribution in [0.5, 0.6) is 0 Å². The van der Waals surface area contributed by atoms with E-state index in [1.807, 2.05) is 0 Å². The Labute approximate surface area is 154 Å².